The molecule has 2 aromatic rings. The summed E-state index contributed by atoms with van der Waals surface area (Å²) in [6.07, 6.45) is 0.954. The minimum Gasteiger partial charge on any atom is -0.494 e. The standard InChI is InChI=1S/C18H20BrNO3/c1-3-13-8-9-17(16(19)10-13)23-12-18(21)20-14-6-5-7-15(11-14)22-4-2/h5-11H,3-4,12H2,1-2H3,(H,20,21). The summed E-state index contributed by atoms with van der Waals surface area (Å²) in [4.78, 5) is 12.0. The van der Waals surface area contributed by atoms with Crippen molar-refractivity contribution in [3.8, 4) is 11.5 Å². The number of amides is 1. The Morgan fingerprint density at radius 2 is 1.96 bits per heavy atom. The SMILES string of the molecule is CCOc1cccc(NC(=O)COc2ccc(CC)cc2Br)c1. The fourth-order valence-electron chi connectivity index (χ4n) is 2.05. The average Bonchev–Trinajstić information content (AvgIpc) is 2.54. The summed E-state index contributed by atoms with van der Waals surface area (Å²) in [6.45, 7) is 4.54. The van der Waals surface area contributed by atoms with E-state index in [4.69, 9.17) is 9.47 Å². The first-order valence-electron chi connectivity index (χ1n) is 7.56. The van der Waals surface area contributed by atoms with Crippen LogP contribution in [0.5, 0.6) is 11.5 Å². The van der Waals surface area contributed by atoms with Gasteiger partial charge in [0.15, 0.2) is 6.61 Å². The van der Waals surface area contributed by atoms with Gasteiger partial charge in [0.05, 0.1) is 11.1 Å². The molecule has 0 aliphatic carbocycles. The van der Waals surface area contributed by atoms with Gasteiger partial charge >= 0.3 is 0 Å². The molecule has 1 N–H and O–H groups in total. The van der Waals surface area contributed by atoms with Crippen LogP contribution in [0.2, 0.25) is 0 Å². The molecule has 122 valence electrons. The lowest BCUT2D eigenvalue weighted by Crippen LogP contribution is -2.20. The molecule has 0 fully saturated rings. The Hall–Kier alpha value is -2.01. The van der Waals surface area contributed by atoms with E-state index in [2.05, 4.69) is 28.2 Å². The third-order valence-electron chi connectivity index (χ3n) is 3.19. The van der Waals surface area contributed by atoms with Crippen LogP contribution >= 0.6 is 15.9 Å². The van der Waals surface area contributed by atoms with Crippen LogP contribution in [0.4, 0.5) is 5.69 Å². The number of hydrogen-bond donors (Lipinski definition) is 1. The van der Waals surface area contributed by atoms with Crippen molar-refractivity contribution in [2.24, 2.45) is 0 Å². The Labute approximate surface area is 144 Å². The molecule has 0 aliphatic rings. The fraction of sp³-hybridized carbons (Fsp3) is 0.278. The Kier molecular flexibility index (Phi) is 6.47. The van der Waals surface area contributed by atoms with Gasteiger partial charge in [0.25, 0.3) is 5.91 Å². The van der Waals surface area contributed by atoms with Crippen LogP contribution in [0.1, 0.15) is 19.4 Å². The Balaban J connectivity index is 1.91. The summed E-state index contributed by atoms with van der Waals surface area (Å²) in [7, 11) is 0. The van der Waals surface area contributed by atoms with Crippen LogP contribution in [0.25, 0.3) is 0 Å². The summed E-state index contributed by atoms with van der Waals surface area (Å²) in [5.74, 6) is 1.16. The van der Waals surface area contributed by atoms with E-state index in [0.717, 1.165) is 16.6 Å². The van der Waals surface area contributed by atoms with Gasteiger partial charge in [-0.2, -0.15) is 0 Å². The number of aryl methyl sites for hydroxylation is 1. The number of halogens is 1. The van der Waals surface area contributed by atoms with Crippen LogP contribution in [-0.2, 0) is 11.2 Å². The van der Waals surface area contributed by atoms with Crippen molar-refractivity contribution in [3.63, 3.8) is 0 Å². The molecule has 0 radical (unpaired) electrons. The minimum absolute atomic E-state index is 0.0526. The average molecular weight is 378 g/mol. The van der Waals surface area contributed by atoms with Crippen molar-refractivity contribution >= 4 is 27.5 Å². The van der Waals surface area contributed by atoms with Crippen LogP contribution < -0.4 is 14.8 Å². The summed E-state index contributed by atoms with van der Waals surface area (Å²) < 4.78 is 11.8. The van der Waals surface area contributed by atoms with Crippen LogP contribution in [0, 0.1) is 0 Å². The molecule has 0 aromatic heterocycles. The van der Waals surface area contributed by atoms with Gasteiger partial charge in [-0.25, -0.2) is 0 Å². The number of anilines is 1. The van der Waals surface area contributed by atoms with Gasteiger partial charge in [0, 0.05) is 11.8 Å². The molecular weight excluding hydrogens is 358 g/mol. The highest BCUT2D eigenvalue weighted by molar-refractivity contribution is 9.10. The number of carbonyl (C=O) groups is 1. The maximum absolute atomic E-state index is 12.0. The van der Waals surface area contributed by atoms with Gasteiger partial charge < -0.3 is 14.8 Å². The summed E-state index contributed by atoms with van der Waals surface area (Å²) in [5.41, 5.74) is 1.89. The second-order valence-electron chi connectivity index (χ2n) is 4.92. The molecule has 5 heteroatoms. The smallest absolute Gasteiger partial charge is 0.262 e. The molecule has 2 aromatic carbocycles. The third-order valence-corrected chi connectivity index (χ3v) is 3.81. The van der Waals surface area contributed by atoms with Gasteiger partial charge in [0.2, 0.25) is 0 Å². The lowest BCUT2D eigenvalue weighted by atomic mass is 10.2. The number of nitrogens with one attached hydrogen (secondary N) is 1. The van der Waals surface area contributed by atoms with E-state index in [1.54, 1.807) is 6.07 Å². The molecular formula is C18H20BrNO3. The van der Waals surface area contributed by atoms with Gasteiger partial charge in [0.1, 0.15) is 11.5 Å². The summed E-state index contributed by atoms with van der Waals surface area (Å²) >= 11 is 3.46. The highest BCUT2D eigenvalue weighted by Gasteiger charge is 2.07. The first-order chi connectivity index (χ1) is 11.1. The van der Waals surface area contributed by atoms with Crippen molar-refractivity contribution in [1.82, 2.24) is 0 Å². The van der Waals surface area contributed by atoms with Gasteiger partial charge in [-0.15, -0.1) is 0 Å². The quantitative estimate of drug-likeness (QED) is 0.776. The van der Waals surface area contributed by atoms with Crippen LogP contribution in [0.3, 0.4) is 0 Å². The second kappa shape index (κ2) is 8.58. The minimum atomic E-state index is -0.217. The molecule has 0 aliphatic heterocycles. The molecule has 0 bridgehead atoms. The number of benzene rings is 2. The molecule has 23 heavy (non-hydrogen) atoms. The zero-order valence-electron chi connectivity index (χ0n) is 13.3. The first-order valence-corrected chi connectivity index (χ1v) is 8.35. The Bertz CT molecular complexity index is 673. The van der Waals surface area contributed by atoms with Crippen molar-refractivity contribution in [3.05, 3.63) is 52.5 Å². The first kappa shape index (κ1) is 17.3. The lowest BCUT2D eigenvalue weighted by molar-refractivity contribution is -0.118. The fourth-order valence-corrected chi connectivity index (χ4v) is 2.59. The van der Waals surface area contributed by atoms with Crippen molar-refractivity contribution in [2.45, 2.75) is 20.3 Å². The zero-order valence-corrected chi connectivity index (χ0v) is 14.9. The van der Waals surface area contributed by atoms with Crippen molar-refractivity contribution in [1.29, 1.82) is 0 Å². The monoisotopic (exact) mass is 377 g/mol. The van der Waals surface area contributed by atoms with E-state index in [9.17, 15) is 4.79 Å². The van der Waals surface area contributed by atoms with E-state index in [1.165, 1.54) is 5.56 Å². The molecule has 1 amide bonds. The second-order valence-corrected chi connectivity index (χ2v) is 5.77. The maximum Gasteiger partial charge on any atom is 0.262 e. The molecule has 0 atom stereocenters. The molecule has 2 rings (SSSR count). The Morgan fingerprint density at radius 3 is 2.65 bits per heavy atom. The van der Waals surface area contributed by atoms with Crippen molar-refractivity contribution < 1.29 is 14.3 Å². The molecule has 0 saturated carbocycles. The van der Waals surface area contributed by atoms with E-state index in [-0.39, 0.29) is 12.5 Å². The topological polar surface area (TPSA) is 47.6 Å². The number of ether oxygens (including phenoxy) is 2. The molecule has 0 spiro atoms. The molecule has 0 heterocycles. The van der Waals surface area contributed by atoms with E-state index < -0.39 is 0 Å². The molecule has 0 unspecified atom stereocenters. The highest BCUT2D eigenvalue weighted by atomic mass is 79.9. The van der Waals surface area contributed by atoms with Crippen molar-refractivity contribution in [2.75, 3.05) is 18.5 Å². The maximum atomic E-state index is 12.0. The summed E-state index contributed by atoms with van der Waals surface area (Å²) in [6, 6.07) is 13.1. The lowest BCUT2D eigenvalue weighted by Gasteiger charge is -2.10. The predicted octanol–water partition coefficient (Wildman–Crippen LogP) is 4.43. The zero-order chi connectivity index (χ0) is 16.7. The van der Waals surface area contributed by atoms with Crippen LogP contribution in [0.15, 0.2) is 46.9 Å². The van der Waals surface area contributed by atoms with Gasteiger partial charge in [-0.3, -0.25) is 4.79 Å². The van der Waals surface area contributed by atoms with E-state index in [0.29, 0.717) is 18.0 Å². The Morgan fingerprint density at radius 1 is 1.13 bits per heavy atom. The van der Waals surface area contributed by atoms with Crippen LogP contribution in [-0.4, -0.2) is 19.1 Å². The predicted molar refractivity (Wildman–Crippen MR) is 95.3 cm³/mol. The largest absolute Gasteiger partial charge is 0.494 e. The third kappa shape index (κ3) is 5.28. The highest BCUT2D eigenvalue weighted by Crippen LogP contribution is 2.26. The van der Waals surface area contributed by atoms with Gasteiger partial charge in [-0.1, -0.05) is 19.1 Å². The molecule has 4 nitrogen and oxygen atoms in total. The van der Waals surface area contributed by atoms with E-state index in [1.807, 2.05) is 43.3 Å². The molecule has 0 saturated heterocycles. The number of rotatable bonds is 7. The van der Waals surface area contributed by atoms with E-state index >= 15 is 0 Å². The number of carbonyl (C=O) groups excluding carboxylic acids is 1. The summed E-state index contributed by atoms with van der Waals surface area (Å²) in [5, 5.41) is 2.79. The van der Waals surface area contributed by atoms with Gasteiger partial charge in [-0.05, 0) is 59.1 Å². The normalized spacial score (nSPS) is 10.2. The number of hydrogen-bond acceptors (Lipinski definition) is 3.